The van der Waals surface area contributed by atoms with E-state index < -0.39 is 11.9 Å². The Morgan fingerprint density at radius 1 is 1.00 bits per heavy atom. The Balaban J connectivity index is 2.04. The van der Waals surface area contributed by atoms with Gasteiger partial charge in [-0.3, -0.25) is 4.79 Å². The van der Waals surface area contributed by atoms with Crippen LogP contribution in [0.4, 0.5) is 0 Å². The van der Waals surface area contributed by atoms with Crippen molar-refractivity contribution in [3.8, 4) is 11.1 Å². The van der Waals surface area contributed by atoms with E-state index in [2.05, 4.69) is 0 Å². The minimum absolute atomic E-state index is 0.0774. The highest BCUT2D eigenvalue weighted by Crippen LogP contribution is 2.40. The Morgan fingerprint density at radius 3 is 2.48 bits per heavy atom. The van der Waals surface area contributed by atoms with E-state index in [9.17, 15) is 14.7 Å². The number of carbonyl (C=O) groups is 2. The highest BCUT2D eigenvalue weighted by Gasteiger charge is 2.23. The average molecular weight is 308 g/mol. The molecule has 4 heteroatoms. The molecule has 1 aliphatic carbocycles. The van der Waals surface area contributed by atoms with Crippen LogP contribution >= 0.6 is 0 Å². The summed E-state index contributed by atoms with van der Waals surface area (Å²) >= 11 is 0. The zero-order valence-electron chi connectivity index (χ0n) is 12.5. The van der Waals surface area contributed by atoms with E-state index in [1.807, 2.05) is 36.4 Å². The fraction of sp³-hybridized carbons (Fsp3) is 0.158. The maximum Gasteiger partial charge on any atom is 0.335 e. The normalized spacial score (nSPS) is 12.6. The lowest BCUT2D eigenvalue weighted by atomic mass is 9.95. The molecule has 4 nitrogen and oxygen atoms in total. The molecular formula is C19H16O4. The molecule has 0 heterocycles. The first kappa shape index (κ1) is 15.0. The van der Waals surface area contributed by atoms with Gasteiger partial charge in [-0.25, -0.2) is 4.79 Å². The average Bonchev–Trinajstić information content (AvgIpc) is 2.90. The summed E-state index contributed by atoms with van der Waals surface area (Å²) in [5.74, 6) is -1.96. The number of hydrogen-bond acceptors (Lipinski definition) is 2. The zero-order valence-corrected chi connectivity index (χ0v) is 12.5. The number of hydrogen-bond donors (Lipinski definition) is 2. The van der Waals surface area contributed by atoms with E-state index >= 15 is 0 Å². The maximum absolute atomic E-state index is 11.6. The van der Waals surface area contributed by atoms with Crippen molar-refractivity contribution in [2.45, 2.75) is 19.3 Å². The molecule has 0 unspecified atom stereocenters. The van der Waals surface area contributed by atoms with Gasteiger partial charge in [0, 0.05) is 6.42 Å². The summed E-state index contributed by atoms with van der Waals surface area (Å²) in [5, 5.41) is 18.3. The SMILES string of the molecule is O=C(O)CCC=C(C(=O)O)c1cccc2c1Cc1ccccc1-2. The Hall–Kier alpha value is -2.88. The summed E-state index contributed by atoms with van der Waals surface area (Å²) < 4.78 is 0. The Labute approximate surface area is 133 Å². The van der Waals surface area contributed by atoms with Crippen LogP contribution in [0, 0.1) is 0 Å². The summed E-state index contributed by atoms with van der Waals surface area (Å²) in [6.45, 7) is 0. The lowest BCUT2D eigenvalue weighted by Gasteiger charge is -2.09. The molecule has 0 radical (unpaired) electrons. The smallest absolute Gasteiger partial charge is 0.335 e. The second-order valence-corrected chi connectivity index (χ2v) is 5.52. The van der Waals surface area contributed by atoms with Crippen LogP contribution in [0.5, 0.6) is 0 Å². The van der Waals surface area contributed by atoms with E-state index in [4.69, 9.17) is 5.11 Å². The van der Waals surface area contributed by atoms with Gasteiger partial charge in [-0.15, -0.1) is 0 Å². The van der Waals surface area contributed by atoms with Crippen molar-refractivity contribution in [3.63, 3.8) is 0 Å². The summed E-state index contributed by atoms with van der Waals surface area (Å²) in [6.07, 6.45) is 2.33. The molecular weight excluding hydrogens is 292 g/mol. The van der Waals surface area contributed by atoms with Gasteiger partial charge in [0.1, 0.15) is 0 Å². The first-order valence-corrected chi connectivity index (χ1v) is 7.43. The lowest BCUT2D eigenvalue weighted by molar-refractivity contribution is -0.137. The summed E-state index contributed by atoms with van der Waals surface area (Å²) in [5.41, 5.74) is 5.23. The van der Waals surface area contributed by atoms with Gasteiger partial charge in [0.2, 0.25) is 0 Å². The van der Waals surface area contributed by atoms with E-state index in [0.717, 1.165) is 16.7 Å². The van der Waals surface area contributed by atoms with E-state index in [1.165, 1.54) is 11.6 Å². The van der Waals surface area contributed by atoms with Gasteiger partial charge < -0.3 is 10.2 Å². The van der Waals surface area contributed by atoms with Crippen molar-refractivity contribution in [1.29, 1.82) is 0 Å². The van der Waals surface area contributed by atoms with Gasteiger partial charge in [-0.1, -0.05) is 48.5 Å². The summed E-state index contributed by atoms with van der Waals surface area (Å²) in [7, 11) is 0. The second-order valence-electron chi connectivity index (χ2n) is 5.52. The first-order chi connectivity index (χ1) is 11.1. The monoisotopic (exact) mass is 308 g/mol. The molecule has 0 aliphatic heterocycles. The van der Waals surface area contributed by atoms with Crippen LogP contribution in [0.15, 0.2) is 48.5 Å². The molecule has 0 aromatic heterocycles. The van der Waals surface area contributed by atoms with Gasteiger partial charge >= 0.3 is 11.9 Å². The van der Waals surface area contributed by atoms with Crippen LogP contribution in [0.1, 0.15) is 29.5 Å². The molecule has 0 atom stereocenters. The van der Waals surface area contributed by atoms with Crippen LogP contribution in [0.2, 0.25) is 0 Å². The van der Waals surface area contributed by atoms with E-state index in [0.29, 0.717) is 12.0 Å². The van der Waals surface area contributed by atoms with Gasteiger partial charge in [0.15, 0.2) is 0 Å². The summed E-state index contributed by atoms with van der Waals surface area (Å²) in [6, 6.07) is 13.7. The van der Waals surface area contributed by atoms with E-state index in [-0.39, 0.29) is 18.4 Å². The molecule has 116 valence electrons. The number of rotatable bonds is 5. The molecule has 0 amide bonds. The van der Waals surface area contributed by atoms with Crippen LogP contribution in [-0.4, -0.2) is 22.2 Å². The number of fused-ring (bicyclic) bond motifs is 3. The molecule has 0 saturated heterocycles. The molecule has 0 fully saturated rings. The third-order valence-corrected chi connectivity index (χ3v) is 4.08. The number of benzene rings is 2. The van der Waals surface area contributed by atoms with Gasteiger partial charge in [0.05, 0.1) is 5.57 Å². The Kier molecular flexibility index (Phi) is 3.98. The topological polar surface area (TPSA) is 74.6 Å². The first-order valence-electron chi connectivity index (χ1n) is 7.43. The zero-order chi connectivity index (χ0) is 16.4. The predicted octanol–water partition coefficient (Wildman–Crippen LogP) is 3.59. The number of aliphatic carboxylic acids is 2. The fourth-order valence-electron chi connectivity index (χ4n) is 3.06. The van der Waals surface area contributed by atoms with E-state index in [1.54, 1.807) is 6.07 Å². The number of carboxylic acid groups (broad SMARTS) is 2. The highest BCUT2D eigenvalue weighted by atomic mass is 16.4. The number of allylic oxidation sites excluding steroid dienone is 1. The summed E-state index contributed by atoms with van der Waals surface area (Å²) in [4.78, 5) is 22.3. The third-order valence-electron chi connectivity index (χ3n) is 4.08. The molecule has 2 N–H and O–H groups in total. The minimum Gasteiger partial charge on any atom is -0.481 e. The molecule has 0 saturated carbocycles. The Morgan fingerprint density at radius 2 is 1.74 bits per heavy atom. The standard InChI is InChI=1S/C19H16O4/c20-18(21)10-4-9-16(19(22)23)15-8-3-7-14-13-6-2-1-5-12(13)11-17(14)15/h1-3,5-9H,4,10-11H2,(H,20,21)(H,22,23). The predicted molar refractivity (Wildman–Crippen MR) is 87.2 cm³/mol. The van der Waals surface area contributed by atoms with Crippen molar-refractivity contribution in [3.05, 3.63) is 65.2 Å². The van der Waals surface area contributed by atoms with Gasteiger partial charge in [0.25, 0.3) is 0 Å². The molecule has 3 rings (SSSR count). The van der Waals surface area contributed by atoms with Crippen molar-refractivity contribution < 1.29 is 19.8 Å². The van der Waals surface area contributed by atoms with Gasteiger partial charge in [-0.05, 0) is 40.7 Å². The van der Waals surface area contributed by atoms with Crippen molar-refractivity contribution in [2.24, 2.45) is 0 Å². The quantitative estimate of drug-likeness (QED) is 0.706. The Bertz CT molecular complexity index is 818. The fourth-order valence-corrected chi connectivity index (χ4v) is 3.06. The van der Waals surface area contributed by atoms with Crippen molar-refractivity contribution in [2.75, 3.05) is 0 Å². The molecule has 2 aromatic rings. The second kappa shape index (κ2) is 6.08. The maximum atomic E-state index is 11.6. The molecule has 0 spiro atoms. The van der Waals surface area contributed by atoms with Crippen LogP contribution in [0.3, 0.4) is 0 Å². The highest BCUT2D eigenvalue weighted by molar-refractivity contribution is 6.16. The molecule has 2 aromatic carbocycles. The molecule has 1 aliphatic rings. The van der Waals surface area contributed by atoms with Crippen LogP contribution in [-0.2, 0) is 16.0 Å². The number of carboxylic acids is 2. The van der Waals surface area contributed by atoms with Crippen molar-refractivity contribution >= 4 is 17.5 Å². The third kappa shape index (κ3) is 2.88. The van der Waals surface area contributed by atoms with Crippen LogP contribution < -0.4 is 0 Å². The lowest BCUT2D eigenvalue weighted by Crippen LogP contribution is -2.03. The molecule has 0 bridgehead atoms. The van der Waals surface area contributed by atoms with Crippen LogP contribution in [0.25, 0.3) is 16.7 Å². The molecule has 23 heavy (non-hydrogen) atoms. The largest absolute Gasteiger partial charge is 0.481 e. The van der Waals surface area contributed by atoms with Crippen molar-refractivity contribution in [1.82, 2.24) is 0 Å². The minimum atomic E-state index is -1.03. The van der Waals surface area contributed by atoms with Gasteiger partial charge in [-0.2, -0.15) is 0 Å².